The summed E-state index contributed by atoms with van der Waals surface area (Å²) in [6.07, 6.45) is 1.47. The molecule has 0 amide bonds. The van der Waals surface area contributed by atoms with E-state index >= 15 is 0 Å². The van der Waals surface area contributed by atoms with Crippen molar-refractivity contribution in [3.63, 3.8) is 0 Å². The Kier molecular flexibility index (Phi) is 6.67. The molecule has 0 saturated carbocycles. The first-order chi connectivity index (χ1) is 18.6. The summed E-state index contributed by atoms with van der Waals surface area (Å²) in [7, 11) is -3.85. The third-order valence-electron chi connectivity index (χ3n) is 6.46. The number of aryl methyl sites for hydroxylation is 2. The van der Waals surface area contributed by atoms with Crippen LogP contribution in [0.1, 0.15) is 16.7 Å². The molecule has 0 bridgehead atoms. The molecular formula is C30H25N3O5S. The van der Waals surface area contributed by atoms with E-state index in [1.807, 2.05) is 26.0 Å². The Balaban J connectivity index is 1.51. The van der Waals surface area contributed by atoms with E-state index in [0.717, 1.165) is 11.1 Å². The van der Waals surface area contributed by atoms with Gasteiger partial charge in [-0.15, -0.1) is 0 Å². The normalized spacial score (nSPS) is 11.7. The maximum absolute atomic E-state index is 13.3. The number of aromatic hydroxyl groups is 2. The molecule has 5 rings (SSSR count). The second kappa shape index (κ2) is 10.1. The number of nitrogens with zero attached hydrogens (tertiary/aromatic N) is 2. The molecule has 1 aromatic heterocycles. The molecule has 0 atom stereocenters. The Morgan fingerprint density at radius 3 is 2.15 bits per heavy atom. The van der Waals surface area contributed by atoms with E-state index in [-0.39, 0.29) is 22.1 Å². The molecule has 196 valence electrons. The Labute approximate surface area is 225 Å². The van der Waals surface area contributed by atoms with E-state index in [4.69, 9.17) is 0 Å². The van der Waals surface area contributed by atoms with Crippen LogP contribution in [-0.4, -0.2) is 29.4 Å². The van der Waals surface area contributed by atoms with E-state index in [2.05, 4.69) is 9.71 Å². The first kappa shape index (κ1) is 25.7. The molecule has 0 unspecified atom stereocenters. The van der Waals surface area contributed by atoms with Gasteiger partial charge in [-0.1, -0.05) is 24.3 Å². The standard InChI is InChI=1S/C30H25N3O5S/c1-19-7-12-23(17-20(19)2)33-29(35)27-6-4-3-5-26(27)28(30(33)36)18-31-21-10-15-25(16-11-21)39(37,38)32-22-8-13-24(34)14-9-22/h3-18,32,34,36H,1-2H3. The van der Waals surface area contributed by atoms with Crippen molar-refractivity contribution in [2.45, 2.75) is 18.7 Å². The van der Waals surface area contributed by atoms with Gasteiger partial charge in [-0.3, -0.25) is 14.5 Å². The van der Waals surface area contributed by atoms with E-state index in [9.17, 15) is 23.4 Å². The number of rotatable bonds is 6. The molecule has 0 saturated heterocycles. The summed E-state index contributed by atoms with van der Waals surface area (Å²) in [5.74, 6) is -0.216. The quantitative estimate of drug-likeness (QED) is 0.192. The number of phenols is 1. The van der Waals surface area contributed by atoms with Gasteiger partial charge in [-0.05, 0) is 91.7 Å². The largest absolute Gasteiger partial charge is 0.508 e. The minimum Gasteiger partial charge on any atom is -0.508 e. The average molecular weight is 540 g/mol. The van der Waals surface area contributed by atoms with Crippen molar-refractivity contribution >= 4 is 38.4 Å². The Morgan fingerprint density at radius 1 is 0.821 bits per heavy atom. The Hall–Kier alpha value is -4.89. The first-order valence-electron chi connectivity index (χ1n) is 12.0. The van der Waals surface area contributed by atoms with Crippen molar-refractivity contribution in [1.29, 1.82) is 0 Å². The van der Waals surface area contributed by atoms with Crippen LogP contribution in [0.25, 0.3) is 16.5 Å². The van der Waals surface area contributed by atoms with Gasteiger partial charge in [0.1, 0.15) is 5.75 Å². The topological polar surface area (TPSA) is 121 Å². The third kappa shape index (κ3) is 5.12. The monoisotopic (exact) mass is 539 g/mol. The van der Waals surface area contributed by atoms with Gasteiger partial charge in [0.25, 0.3) is 15.6 Å². The highest BCUT2D eigenvalue weighted by molar-refractivity contribution is 7.92. The van der Waals surface area contributed by atoms with E-state index in [1.54, 1.807) is 42.5 Å². The van der Waals surface area contributed by atoms with Crippen LogP contribution in [-0.2, 0) is 10.0 Å². The van der Waals surface area contributed by atoms with Gasteiger partial charge in [0.2, 0.25) is 5.88 Å². The SMILES string of the molecule is Cc1ccc(-n2c(O)c(C=Nc3ccc(S(=O)(=O)Nc4ccc(O)cc4)cc3)c3ccccc3c2=O)cc1C. The molecule has 3 N–H and O–H groups in total. The zero-order valence-corrected chi connectivity index (χ0v) is 22.0. The predicted octanol–water partition coefficient (Wildman–Crippen LogP) is 5.57. The fraction of sp³-hybridized carbons (Fsp3) is 0.0667. The zero-order valence-electron chi connectivity index (χ0n) is 21.2. The lowest BCUT2D eigenvalue weighted by atomic mass is 10.1. The summed E-state index contributed by atoms with van der Waals surface area (Å²) < 4.78 is 29.2. The summed E-state index contributed by atoms with van der Waals surface area (Å²) in [6, 6.07) is 24.1. The van der Waals surface area contributed by atoms with Gasteiger partial charge in [0.05, 0.1) is 21.8 Å². The number of hydrogen-bond donors (Lipinski definition) is 3. The van der Waals surface area contributed by atoms with Gasteiger partial charge < -0.3 is 10.2 Å². The lowest BCUT2D eigenvalue weighted by molar-refractivity contribution is 0.436. The predicted molar refractivity (Wildman–Crippen MR) is 153 cm³/mol. The van der Waals surface area contributed by atoms with Crippen molar-refractivity contribution in [3.8, 4) is 17.3 Å². The summed E-state index contributed by atoms with van der Waals surface area (Å²) in [4.78, 5) is 17.8. The number of fused-ring (bicyclic) bond motifs is 1. The van der Waals surface area contributed by atoms with Crippen LogP contribution in [0.4, 0.5) is 11.4 Å². The molecule has 1 heterocycles. The third-order valence-corrected chi connectivity index (χ3v) is 7.86. The molecule has 39 heavy (non-hydrogen) atoms. The van der Waals surface area contributed by atoms with Crippen molar-refractivity contribution in [2.24, 2.45) is 4.99 Å². The van der Waals surface area contributed by atoms with Crippen LogP contribution in [0.2, 0.25) is 0 Å². The van der Waals surface area contributed by atoms with Crippen LogP contribution in [0.3, 0.4) is 0 Å². The van der Waals surface area contributed by atoms with Gasteiger partial charge in [-0.2, -0.15) is 0 Å². The second-order valence-corrected chi connectivity index (χ2v) is 10.8. The summed E-state index contributed by atoms with van der Waals surface area (Å²) in [5.41, 5.74) is 3.36. The molecular weight excluding hydrogens is 514 g/mol. The molecule has 0 aliphatic rings. The number of pyridine rings is 1. The number of phenolic OH excluding ortho intramolecular Hbond substituents is 1. The fourth-order valence-corrected chi connectivity index (χ4v) is 5.25. The zero-order chi connectivity index (χ0) is 27.7. The van der Waals surface area contributed by atoms with Gasteiger partial charge in [0.15, 0.2) is 0 Å². The molecule has 0 aliphatic carbocycles. The van der Waals surface area contributed by atoms with Crippen molar-refractivity contribution in [2.75, 3.05) is 4.72 Å². The van der Waals surface area contributed by atoms with Crippen LogP contribution >= 0.6 is 0 Å². The number of nitrogens with one attached hydrogen (secondary N) is 1. The number of anilines is 1. The highest BCUT2D eigenvalue weighted by Crippen LogP contribution is 2.28. The fourth-order valence-electron chi connectivity index (χ4n) is 4.19. The second-order valence-electron chi connectivity index (χ2n) is 9.10. The molecule has 9 heteroatoms. The number of aliphatic imine (C=N–C) groups is 1. The maximum Gasteiger partial charge on any atom is 0.265 e. The Morgan fingerprint density at radius 2 is 1.49 bits per heavy atom. The number of sulfonamides is 1. The number of hydrogen-bond acceptors (Lipinski definition) is 6. The van der Waals surface area contributed by atoms with Crippen molar-refractivity contribution < 1.29 is 18.6 Å². The summed E-state index contributed by atoms with van der Waals surface area (Å²) >= 11 is 0. The number of aromatic nitrogens is 1. The molecule has 8 nitrogen and oxygen atoms in total. The summed E-state index contributed by atoms with van der Waals surface area (Å²) in [5, 5.41) is 21.6. The molecule has 0 radical (unpaired) electrons. The van der Waals surface area contributed by atoms with Gasteiger partial charge in [-0.25, -0.2) is 13.0 Å². The van der Waals surface area contributed by atoms with E-state index < -0.39 is 10.0 Å². The van der Waals surface area contributed by atoms with E-state index in [1.165, 1.54) is 47.2 Å². The van der Waals surface area contributed by atoms with Crippen molar-refractivity contribution in [3.05, 3.63) is 118 Å². The van der Waals surface area contributed by atoms with Crippen LogP contribution in [0.5, 0.6) is 11.6 Å². The van der Waals surface area contributed by atoms with Gasteiger partial charge in [0, 0.05) is 22.7 Å². The highest BCUT2D eigenvalue weighted by atomic mass is 32.2. The minimum absolute atomic E-state index is 0.0309. The van der Waals surface area contributed by atoms with Gasteiger partial charge >= 0.3 is 0 Å². The highest BCUT2D eigenvalue weighted by Gasteiger charge is 2.17. The molecule has 0 fully saturated rings. The lowest BCUT2D eigenvalue weighted by Gasteiger charge is -2.14. The minimum atomic E-state index is -3.85. The van der Waals surface area contributed by atoms with Crippen LogP contribution in [0, 0.1) is 13.8 Å². The summed E-state index contributed by atoms with van der Waals surface area (Å²) in [6.45, 7) is 3.91. The lowest BCUT2D eigenvalue weighted by Crippen LogP contribution is -2.20. The molecule has 0 aliphatic heterocycles. The van der Waals surface area contributed by atoms with Crippen LogP contribution < -0.4 is 10.3 Å². The van der Waals surface area contributed by atoms with E-state index in [0.29, 0.717) is 33.4 Å². The molecule has 4 aromatic carbocycles. The molecule has 0 spiro atoms. The average Bonchev–Trinajstić information content (AvgIpc) is 2.92. The van der Waals surface area contributed by atoms with Crippen molar-refractivity contribution in [1.82, 2.24) is 4.57 Å². The first-order valence-corrected chi connectivity index (χ1v) is 13.5. The Bertz CT molecular complexity index is 1890. The molecule has 5 aromatic rings. The maximum atomic E-state index is 13.3. The number of benzene rings is 4. The smallest absolute Gasteiger partial charge is 0.265 e. The van der Waals surface area contributed by atoms with Crippen LogP contribution in [0.15, 0.2) is 106 Å².